The first-order valence-electron chi connectivity index (χ1n) is 6.52. The first-order valence-corrected chi connectivity index (χ1v) is 6.52. The Morgan fingerprint density at radius 1 is 1.06 bits per heavy atom. The van der Waals surface area contributed by atoms with Crippen LogP contribution in [0.3, 0.4) is 0 Å². The van der Waals surface area contributed by atoms with Crippen LogP contribution in [0.2, 0.25) is 0 Å². The van der Waals surface area contributed by atoms with Crippen molar-refractivity contribution in [3.05, 3.63) is 35.9 Å². The molecular weight excluding hydrogens is 226 g/mol. The van der Waals surface area contributed by atoms with Crippen LogP contribution in [-0.4, -0.2) is 47.8 Å². The van der Waals surface area contributed by atoms with E-state index in [1.165, 1.54) is 0 Å². The van der Waals surface area contributed by atoms with Crippen molar-refractivity contribution < 1.29 is 4.79 Å². The fourth-order valence-electron chi connectivity index (χ4n) is 2.56. The van der Waals surface area contributed by atoms with Crippen LogP contribution in [0.15, 0.2) is 35.3 Å². The van der Waals surface area contributed by atoms with Crippen LogP contribution in [0, 0.1) is 0 Å². The van der Waals surface area contributed by atoms with Crippen molar-refractivity contribution in [3.63, 3.8) is 0 Å². The number of amides is 1. The lowest BCUT2D eigenvalue weighted by atomic mass is 10.1. The summed E-state index contributed by atoms with van der Waals surface area (Å²) in [5.41, 5.74) is 0.743. The zero-order valence-electron chi connectivity index (χ0n) is 10.4. The van der Waals surface area contributed by atoms with Crippen molar-refractivity contribution in [1.29, 1.82) is 0 Å². The second kappa shape index (κ2) is 4.80. The van der Waals surface area contributed by atoms with E-state index in [2.05, 4.69) is 9.89 Å². The minimum atomic E-state index is 0.0703. The van der Waals surface area contributed by atoms with Crippen LogP contribution in [0.4, 0.5) is 0 Å². The summed E-state index contributed by atoms with van der Waals surface area (Å²) in [6.45, 7) is 3.67. The number of benzene rings is 1. The highest BCUT2D eigenvalue weighted by molar-refractivity contribution is 6.06. The lowest BCUT2D eigenvalue weighted by Gasteiger charge is -2.39. The van der Waals surface area contributed by atoms with Gasteiger partial charge in [0.05, 0.1) is 0 Å². The van der Waals surface area contributed by atoms with E-state index in [4.69, 9.17) is 0 Å². The third kappa shape index (κ3) is 1.98. The number of nitrogens with zero attached hydrogens (tertiary/aromatic N) is 3. The zero-order valence-corrected chi connectivity index (χ0v) is 10.4. The van der Waals surface area contributed by atoms with Crippen molar-refractivity contribution >= 4 is 11.9 Å². The van der Waals surface area contributed by atoms with Crippen molar-refractivity contribution in [2.75, 3.05) is 26.2 Å². The molecule has 1 aromatic carbocycles. The van der Waals surface area contributed by atoms with Gasteiger partial charge in [0.15, 0.2) is 0 Å². The van der Waals surface area contributed by atoms with Gasteiger partial charge < -0.3 is 4.90 Å². The standard InChI is InChI=1S/C14H17N3O/c18-13(12-6-2-1-3-7-12)17-11-5-10-16-9-4-8-15-14(16)17/h1-3,6-7H,4-5,8-11H2. The summed E-state index contributed by atoms with van der Waals surface area (Å²) in [4.78, 5) is 21.1. The van der Waals surface area contributed by atoms with E-state index in [-0.39, 0.29) is 5.91 Å². The molecular formula is C14H17N3O. The lowest BCUT2D eigenvalue weighted by molar-refractivity contribution is 0.0801. The largest absolute Gasteiger partial charge is 0.342 e. The summed E-state index contributed by atoms with van der Waals surface area (Å²) in [7, 11) is 0. The Bertz CT molecular complexity index is 469. The summed E-state index contributed by atoms with van der Waals surface area (Å²) in [5, 5.41) is 0. The molecule has 2 heterocycles. The maximum atomic E-state index is 12.5. The Morgan fingerprint density at radius 2 is 1.83 bits per heavy atom. The summed E-state index contributed by atoms with van der Waals surface area (Å²) in [6.07, 6.45) is 2.12. The van der Waals surface area contributed by atoms with Gasteiger partial charge in [-0.05, 0) is 25.0 Å². The van der Waals surface area contributed by atoms with Crippen molar-refractivity contribution in [1.82, 2.24) is 9.80 Å². The Balaban J connectivity index is 1.87. The Labute approximate surface area is 107 Å². The number of rotatable bonds is 1. The highest BCUT2D eigenvalue weighted by Gasteiger charge is 2.30. The van der Waals surface area contributed by atoms with Gasteiger partial charge in [0.25, 0.3) is 5.91 Å². The predicted molar refractivity (Wildman–Crippen MR) is 70.6 cm³/mol. The molecule has 3 rings (SSSR count). The maximum absolute atomic E-state index is 12.5. The number of aliphatic imine (C=N–C) groups is 1. The Kier molecular flexibility index (Phi) is 3.00. The third-order valence-electron chi connectivity index (χ3n) is 3.44. The van der Waals surface area contributed by atoms with E-state index in [0.717, 1.165) is 50.5 Å². The molecule has 0 radical (unpaired) electrons. The number of hydrogen-bond acceptors (Lipinski definition) is 3. The predicted octanol–water partition coefficient (Wildman–Crippen LogP) is 1.59. The smallest absolute Gasteiger partial charge is 0.260 e. The second-order valence-electron chi connectivity index (χ2n) is 4.70. The van der Waals surface area contributed by atoms with Crippen LogP contribution < -0.4 is 0 Å². The van der Waals surface area contributed by atoms with Crippen LogP contribution in [0.5, 0.6) is 0 Å². The van der Waals surface area contributed by atoms with E-state index >= 15 is 0 Å². The number of guanidine groups is 1. The molecule has 4 nitrogen and oxygen atoms in total. The molecule has 1 aromatic rings. The Hall–Kier alpha value is -1.84. The van der Waals surface area contributed by atoms with Crippen molar-refractivity contribution in [2.24, 2.45) is 4.99 Å². The molecule has 0 saturated carbocycles. The van der Waals surface area contributed by atoms with Gasteiger partial charge >= 0.3 is 0 Å². The highest BCUT2D eigenvalue weighted by atomic mass is 16.2. The molecule has 1 saturated heterocycles. The van der Waals surface area contributed by atoms with Crippen LogP contribution in [-0.2, 0) is 0 Å². The number of fused-ring (bicyclic) bond motifs is 1. The molecule has 0 unspecified atom stereocenters. The first-order chi connectivity index (χ1) is 8.86. The number of hydrogen-bond donors (Lipinski definition) is 0. The van der Waals surface area contributed by atoms with Crippen molar-refractivity contribution in [2.45, 2.75) is 12.8 Å². The van der Waals surface area contributed by atoms with Gasteiger partial charge in [-0.1, -0.05) is 18.2 Å². The lowest BCUT2D eigenvalue weighted by Crippen LogP contribution is -2.54. The Morgan fingerprint density at radius 3 is 2.67 bits per heavy atom. The normalized spacial score (nSPS) is 19.2. The average molecular weight is 243 g/mol. The molecule has 0 bridgehead atoms. The minimum absolute atomic E-state index is 0.0703. The molecule has 1 fully saturated rings. The van der Waals surface area contributed by atoms with E-state index in [1.54, 1.807) is 0 Å². The van der Waals surface area contributed by atoms with E-state index in [9.17, 15) is 4.79 Å². The first kappa shape index (κ1) is 11.3. The fraction of sp³-hybridized carbons (Fsp3) is 0.429. The molecule has 18 heavy (non-hydrogen) atoms. The number of carbonyl (C=O) groups excluding carboxylic acids is 1. The molecule has 2 aliphatic heterocycles. The van der Waals surface area contributed by atoms with Gasteiger partial charge in [-0.25, -0.2) is 0 Å². The second-order valence-corrected chi connectivity index (χ2v) is 4.70. The molecule has 1 amide bonds. The third-order valence-corrected chi connectivity index (χ3v) is 3.44. The highest BCUT2D eigenvalue weighted by Crippen LogP contribution is 2.16. The molecule has 0 atom stereocenters. The van der Waals surface area contributed by atoms with Crippen LogP contribution in [0.1, 0.15) is 23.2 Å². The fourth-order valence-corrected chi connectivity index (χ4v) is 2.56. The van der Waals surface area contributed by atoms with E-state index in [1.807, 2.05) is 35.2 Å². The topological polar surface area (TPSA) is 35.9 Å². The van der Waals surface area contributed by atoms with Gasteiger partial charge in [0.1, 0.15) is 0 Å². The van der Waals surface area contributed by atoms with Gasteiger partial charge in [-0.2, -0.15) is 0 Å². The maximum Gasteiger partial charge on any atom is 0.260 e. The van der Waals surface area contributed by atoms with E-state index < -0.39 is 0 Å². The van der Waals surface area contributed by atoms with Gasteiger partial charge in [-0.3, -0.25) is 14.7 Å². The number of carbonyl (C=O) groups is 1. The average Bonchev–Trinajstić information content (AvgIpc) is 2.47. The summed E-state index contributed by atoms with van der Waals surface area (Å²) in [6, 6.07) is 9.46. The molecule has 0 aliphatic carbocycles. The molecule has 0 spiro atoms. The molecule has 4 heteroatoms. The van der Waals surface area contributed by atoms with Crippen molar-refractivity contribution in [3.8, 4) is 0 Å². The monoisotopic (exact) mass is 243 g/mol. The van der Waals surface area contributed by atoms with E-state index in [0.29, 0.717) is 0 Å². The zero-order chi connectivity index (χ0) is 12.4. The van der Waals surface area contributed by atoms with Gasteiger partial charge in [0.2, 0.25) is 5.96 Å². The van der Waals surface area contributed by atoms with Crippen LogP contribution >= 0.6 is 0 Å². The minimum Gasteiger partial charge on any atom is -0.342 e. The quantitative estimate of drug-likeness (QED) is 0.751. The summed E-state index contributed by atoms with van der Waals surface area (Å²) >= 11 is 0. The molecule has 2 aliphatic rings. The van der Waals surface area contributed by atoms with Gasteiger partial charge in [0, 0.05) is 31.7 Å². The summed E-state index contributed by atoms with van der Waals surface area (Å²) < 4.78 is 0. The molecule has 94 valence electrons. The molecule has 0 aromatic heterocycles. The summed E-state index contributed by atoms with van der Waals surface area (Å²) in [5.74, 6) is 0.947. The van der Waals surface area contributed by atoms with Gasteiger partial charge in [-0.15, -0.1) is 0 Å². The molecule has 0 N–H and O–H groups in total. The SMILES string of the molecule is O=C(c1ccccc1)N1CCCN2CCCN=C21. The van der Waals surface area contributed by atoms with Crippen LogP contribution in [0.25, 0.3) is 0 Å².